The van der Waals surface area contributed by atoms with Crippen molar-refractivity contribution >= 4 is 5.91 Å². The van der Waals surface area contributed by atoms with Gasteiger partial charge in [0.15, 0.2) is 0 Å². The second-order valence-corrected chi connectivity index (χ2v) is 5.62. The van der Waals surface area contributed by atoms with Crippen LogP contribution in [0.15, 0.2) is 18.3 Å². The third kappa shape index (κ3) is 3.56. The van der Waals surface area contributed by atoms with Gasteiger partial charge in [0.05, 0.1) is 37.6 Å². The lowest BCUT2D eigenvalue weighted by molar-refractivity contribution is -0.157. The van der Waals surface area contributed by atoms with Crippen LogP contribution in [0, 0.1) is 0 Å². The van der Waals surface area contributed by atoms with Crippen LogP contribution in [0.4, 0.5) is 0 Å². The Morgan fingerprint density at radius 2 is 2.14 bits per heavy atom. The lowest BCUT2D eigenvalue weighted by atomic mass is 9.89. The van der Waals surface area contributed by atoms with Gasteiger partial charge in [-0.2, -0.15) is 0 Å². The minimum absolute atomic E-state index is 0.101. The number of carbonyl (C=O) groups excluding carboxylic acids is 1. The van der Waals surface area contributed by atoms with Gasteiger partial charge in [-0.1, -0.05) is 0 Å². The highest BCUT2D eigenvalue weighted by molar-refractivity contribution is 5.94. The number of ether oxygens (including phenoxy) is 3. The number of hydrogen-bond donors (Lipinski definition) is 1. The molecule has 0 radical (unpaired) electrons. The molecule has 6 nitrogen and oxygen atoms in total. The average molecular weight is 306 g/mol. The summed E-state index contributed by atoms with van der Waals surface area (Å²) in [5.41, 5.74) is 0.548. The number of rotatable bonds is 4. The number of fused-ring (bicyclic) bond motifs is 1. The molecule has 3 atom stereocenters. The lowest BCUT2D eigenvalue weighted by Crippen LogP contribution is -2.49. The van der Waals surface area contributed by atoms with Crippen molar-refractivity contribution in [3.63, 3.8) is 0 Å². The molecule has 1 aliphatic heterocycles. The number of nitrogens with one attached hydrogen (secondary N) is 1. The number of hydrogen-bond acceptors (Lipinski definition) is 5. The van der Waals surface area contributed by atoms with Crippen LogP contribution in [0.25, 0.3) is 0 Å². The van der Waals surface area contributed by atoms with Gasteiger partial charge in [0.25, 0.3) is 5.91 Å². The van der Waals surface area contributed by atoms with E-state index in [0.29, 0.717) is 31.3 Å². The largest absolute Gasteiger partial charge is 0.478 e. The van der Waals surface area contributed by atoms with E-state index in [0.717, 1.165) is 19.3 Å². The minimum atomic E-state index is -0.101. The van der Waals surface area contributed by atoms with Crippen LogP contribution in [0.2, 0.25) is 0 Å². The Morgan fingerprint density at radius 3 is 2.86 bits per heavy atom. The molecular formula is C16H22N2O4. The zero-order valence-electron chi connectivity index (χ0n) is 12.8. The molecule has 22 heavy (non-hydrogen) atoms. The molecular weight excluding hydrogens is 284 g/mol. The van der Waals surface area contributed by atoms with E-state index in [2.05, 4.69) is 10.3 Å². The number of carbonyl (C=O) groups is 1. The Balaban J connectivity index is 1.55. The molecule has 2 fully saturated rings. The van der Waals surface area contributed by atoms with E-state index in [9.17, 15) is 4.79 Å². The van der Waals surface area contributed by atoms with Crippen LogP contribution < -0.4 is 10.1 Å². The number of aromatic nitrogens is 1. The zero-order valence-corrected chi connectivity index (χ0v) is 12.8. The summed E-state index contributed by atoms with van der Waals surface area (Å²) in [5.74, 6) is 0.433. The van der Waals surface area contributed by atoms with Crippen LogP contribution in [-0.4, -0.2) is 49.0 Å². The van der Waals surface area contributed by atoms with Gasteiger partial charge in [0.2, 0.25) is 5.88 Å². The zero-order chi connectivity index (χ0) is 15.4. The quantitative estimate of drug-likeness (QED) is 0.914. The average Bonchev–Trinajstić information content (AvgIpc) is 2.56. The Hall–Kier alpha value is -1.66. The van der Waals surface area contributed by atoms with Crippen molar-refractivity contribution in [2.24, 2.45) is 0 Å². The van der Waals surface area contributed by atoms with Crippen molar-refractivity contribution in [2.75, 3.05) is 19.8 Å². The monoisotopic (exact) mass is 306 g/mol. The topological polar surface area (TPSA) is 69.7 Å². The Labute approximate surface area is 130 Å². The van der Waals surface area contributed by atoms with Gasteiger partial charge in [0, 0.05) is 18.3 Å². The molecule has 0 aromatic carbocycles. The highest BCUT2D eigenvalue weighted by Crippen LogP contribution is 2.27. The molecule has 1 amide bonds. The number of nitrogens with zero attached hydrogens (tertiary/aromatic N) is 1. The first-order valence-corrected chi connectivity index (χ1v) is 7.89. The maximum Gasteiger partial charge on any atom is 0.253 e. The molecule has 1 N–H and O–H groups in total. The molecule has 3 unspecified atom stereocenters. The fraction of sp³-hybridized carbons (Fsp3) is 0.625. The van der Waals surface area contributed by atoms with E-state index >= 15 is 0 Å². The molecule has 0 spiro atoms. The third-order valence-corrected chi connectivity index (χ3v) is 4.10. The fourth-order valence-electron chi connectivity index (χ4n) is 3.01. The van der Waals surface area contributed by atoms with Crippen molar-refractivity contribution in [3.8, 4) is 5.88 Å². The maximum atomic E-state index is 12.3. The second-order valence-electron chi connectivity index (χ2n) is 5.62. The molecule has 1 aromatic rings. The first kappa shape index (κ1) is 15.2. The number of pyridine rings is 1. The highest BCUT2D eigenvalue weighted by atomic mass is 16.6. The van der Waals surface area contributed by atoms with Crippen molar-refractivity contribution in [1.29, 1.82) is 0 Å². The first-order chi connectivity index (χ1) is 10.8. The fourth-order valence-corrected chi connectivity index (χ4v) is 3.01. The Morgan fingerprint density at radius 1 is 1.32 bits per heavy atom. The predicted octanol–water partition coefficient (Wildman–Crippen LogP) is 1.55. The molecule has 120 valence electrons. The summed E-state index contributed by atoms with van der Waals surface area (Å²) in [6, 6.07) is 3.58. The van der Waals surface area contributed by atoms with Gasteiger partial charge in [-0.15, -0.1) is 0 Å². The Kier molecular flexibility index (Phi) is 4.90. The SMILES string of the molecule is CCOc1ccc(C(=O)NC2CCC3OCCOC3C2)cn1. The van der Waals surface area contributed by atoms with Gasteiger partial charge in [-0.3, -0.25) is 4.79 Å². The molecule has 1 aromatic heterocycles. The molecule has 0 bridgehead atoms. The molecule has 6 heteroatoms. The summed E-state index contributed by atoms with van der Waals surface area (Å²) in [5, 5.41) is 3.06. The molecule has 1 saturated heterocycles. The Bertz CT molecular complexity index is 505. The smallest absolute Gasteiger partial charge is 0.253 e. The summed E-state index contributed by atoms with van der Waals surface area (Å²) in [6.07, 6.45) is 4.49. The normalized spacial score (nSPS) is 27.8. The third-order valence-electron chi connectivity index (χ3n) is 4.10. The summed E-state index contributed by atoms with van der Waals surface area (Å²) >= 11 is 0. The van der Waals surface area contributed by atoms with E-state index in [4.69, 9.17) is 14.2 Å². The van der Waals surface area contributed by atoms with Gasteiger partial charge < -0.3 is 19.5 Å². The summed E-state index contributed by atoms with van der Waals surface area (Å²) in [4.78, 5) is 16.4. The van der Waals surface area contributed by atoms with Gasteiger partial charge in [-0.25, -0.2) is 4.98 Å². The van der Waals surface area contributed by atoms with Crippen LogP contribution >= 0.6 is 0 Å². The maximum absolute atomic E-state index is 12.3. The van der Waals surface area contributed by atoms with Gasteiger partial charge >= 0.3 is 0 Å². The lowest BCUT2D eigenvalue weighted by Gasteiger charge is -2.39. The molecule has 2 aliphatic rings. The molecule has 2 heterocycles. The van der Waals surface area contributed by atoms with E-state index in [-0.39, 0.29) is 24.2 Å². The van der Waals surface area contributed by atoms with Gasteiger partial charge in [-0.05, 0) is 32.3 Å². The molecule has 1 saturated carbocycles. The summed E-state index contributed by atoms with van der Waals surface area (Å²) in [7, 11) is 0. The van der Waals surface area contributed by atoms with Crippen molar-refractivity contribution in [2.45, 2.75) is 44.4 Å². The van der Waals surface area contributed by atoms with Crippen LogP contribution in [-0.2, 0) is 9.47 Å². The van der Waals surface area contributed by atoms with Crippen LogP contribution in [0.3, 0.4) is 0 Å². The van der Waals surface area contributed by atoms with Gasteiger partial charge in [0.1, 0.15) is 0 Å². The molecule has 1 aliphatic carbocycles. The standard InChI is InChI=1S/C16H22N2O4/c1-2-20-15-6-3-11(10-17-15)16(19)18-12-4-5-13-14(9-12)22-8-7-21-13/h3,6,10,12-14H,2,4-5,7-9H2,1H3,(H,18,19). The summed E-state index contributed by atoms with van der Waals surface area (Å²) < 4.78 is 16.7. The number of amides is 1. The van der Waals surface area contributed by atoms with Crippen molar-refractivity contribution in [3.05, 3.63) is 23.9 Å². The van der Waals surface area contributed by atoms with Crippen molar-refractivity contribution in [1.82, 2.24) is 10.3 Å². The highest BCUT2D eigenvalue weighted by Gasteiger charge is 2.34. The minimum Gasteiger partial charge on any atom is -0.478 e. The van der Waals surface area contributed by atoms with E-state index < -0.39 is 0 Å². The van der Waals surface area contributed by atoms with Crippen LogP contribution in [0.5, 0.6) is 5.88 Å². The van der Waals surface area contributed by atoms with E-state index in [1.807, 2.05) is 6.92 Å². The van der Waals surface area contributed by atoms with E-state index in [1.165, 1.54) is 0 Å². The second kappa shape index (κ2) is 7.07. The van der Waals surface area contributed by atoms with Crippen molar-refractivity contribution < 1.29 is 19.0 Å². The summed E-state index contributed by atoms with van der Waals surface area (Å²) in [6.45, 7) is 3.78. The molecule has 3 rings (SSSR count). The van der Waals surface area contributed by atoms with E-state index in [1.54, 1.807) is 18.3 Å². The first-order valence-electron chi connectivity index (χ1n) is 7.89. The predicted molar refractivity (Wildman–Crippen MR) is 80.0 cm³/mol. The van der Waals surface area contributed by atoms with Crippen LogP contribution in [0.1, 0.15) is 36.5 Å².